The molecule has 1 aromatic rings. The van der Waals surface area contributed by atoms with Gasteiger partial charge in [-0.15, -0.1) is 0 Å². The molecule has 0 unspecified atom stereocenters. The lowest BCUT2D eigenvalue weighted by Gasteiger charge is -2.18. The summed E-state index contributed by atoms with van der Waals surface area (Å²) in [6, 6.07) is 4.98. The lowest BCUT2D eigenvalue weighted by molar-refractivity contribution is 0.492. The largest absolute Gasteiger partial charge is 0.244 e. The Kier molecular flexibility index (Phi) is 4.95. The Morgan fingerprint density at radius 3 is 2.47 bits per heavy atom. The zero-order valence-electron chi connectivity index (χ0n) is 9.57. The molecule has 0 saturated carbocycles. The van der Waals surface area contributed by atoms with Crippen molar-refractivity contribution >= 4 is 41.9 Å². The van der Waals surface area contributed by atoms with Gasteiger partial charge >= 0.3 is 0 Å². The Labute approximate surface area is 119 Å². The van der Waals surface area contributed by atoms with Crippen molar-refractivity contribution in [1.82, 2.24) is 4.31 Å². The first-order valence-corrected chi connectivity index (χ1v) is 7.83. The third-order valence-electron chi connectivity index (χ3n) is 2.07. The average Bonchev–Trinajstić information content (AvgIpc) is 2.15. The zero-order chi connectivity index (χ0) is 13.2. The van der Waals surface area contributed by atoms with Gasteiger partial charge < -0.3 is 0 Å². The molecule has 0 aliphatic carbocycles. The van der Waals surface area contributed by atoms with E-state index < -0.39 is 10.0 Å². The van der Waals surface area contributed by atoms with Crippen LogP contribution in [0.25, 0.3) is 0 Å². The van der Waals surface area contributed by atoms with Crippen LogP contribution in [0.15, 0.2) is 44.2 Å². The van der Waals surface area contributed by atoms with E-state index in [4.69, 9.17) is 0 Å². The first-order chi connectivity index (χ1) is 7.75. The second-order valence-electron chi connectivity index (χ2n) is 3.79. The van der Waals surface area contributed by atoms with E-state index in [-0.39, 0.29) is 4.90 Å². The third-order valence-corrected chi connectivity index (χ3v) is 5.35. The van der Waals surface area contributed by atoms with Gasteiger partial charge in [0.1, 0.15) is 0 Å². The molecule has 0 aliphatic heterocycles. The molecule has 3 nitrogen and oxygen atoms in total. The second kappa shape index (κ2) is 5.65. The first kappa shape index (κ1) is 14.9. The Morgan fingerprint density at radius 1 is 1.41 bits per heavy atom. The number of hydrogen-bond donors (Lipinski definition) is 0. The maximum Gasteiger partial charge on any atom is 0.244 e. The molecule has 0 saturated heterocycles. The smallest absolute Gasteiger partial charge is 0.207 e. The van der Waals surface area contributed by atoms with Gasteiger partial charge in [-0.25, -0.2) is 8.42 Å². The quantitative estimate of drug-likeness (QED) is 0.748. The summed E-state index contributed by atoms with van der Waals surface area (Å²) >= 11 is 6.55. The van der Waals surface area contributed by atoms with Crippen LogP contribution in [0, 0.1) is 0 Å². The van der Waals surface area contributed by atoms with Gasteiger partial charge in [0.15, 0.2) is 0 Å². The normalized spacial score (nSPS) is 11.8. The number of halogens is 2. The Bertz CT molecular complexity index is 540. The predicted octanol–water partition coefficient (Wildman–Crippen LogP) is 3.41. The summed E-state index contributed by atoms with van der Waals surface area (Å²) in [4.78, 5) is 0.254. The van der Waals surface area contributed by atoms with E-state index in [2.05, 4.69) is 38.4 Å². The fraction of sp³-hybridized carbons (Fsp3) is 0.273. The molecule has 0 bridgehead atoms. The second-order valence-corrected chi connectivity index (χ2v) is 7.58. The zero-order valence-corrected chi connectivity index (χ0v) is 13.6. The number of rotatable bonds is 4. The number of likely N-dealkylation sites (N-methyl/N-ethyl adjacent to an activating group) is 1. The summed E-state index contributed by atoms with van der Waals surface area (Å²) in [6.45, 7) is 5.82. The van der Waals surface area contributed by atoms with Gasteiger partial charge in [-0.05, 0) is 41.1 Å². The van der Waals surface area contributed by atoms with Crippen molar-refractivity contribution in [2.24, 2.45) is 0 Å². The van der Waals surface area contributed by atoms with Crippen LogP contribution in [-0.2, 0) is 10.0 Å². The molecular formula is C11H13Br2NO2S. The number of nitrogens with zero attached hydrogens (tertiary/aromatic N) is 1. The summed E-state index contributed by atoms with van der Waals surface area (Å²) in [5.41, 5.74) is 0.796. The molecule has 0 aromatic heterocycles. The molecule has 0 spiro atoms. The predicted molar refractivity (Wildman–Crippen MR) is 76.5 cm³/mol. The van der Waals surface area contributed by atoms with Crippen LogP contribution in [0.3, 0.4) is 0 Å². The van der Waals surface area contributed by atoms with Crippen LogP contribution >= 0.6 is 31.9 Å². The highest BCUT2D eigenvalue weighted by atomic mass is 79.9. The van der Waals surface area contributed by atoms with Crippen molar-refractivity contribution in [2.75, 3.05) is 13.6 Å². The Balaban J connectivity index is 3.17. The number of sulfonamides is 1. The van der Waals surface area contributed by atoms with Crippen molar-refractivity contribution in [3.63, 3.8) is 0 Å². The van der Waals surface area contributed by atoms with Gasteiger partial charge in [-0.1, -0.05) is 28.1 Å². The minimum atomic E-state index is -3.48. The SMILES string of the molecule is C=C(C)CN(C)S(=O)(=O)c1ccc(Br)cc1Br. The van der Waals surface area contributed by atoms with E-state index in [9.17, 15) is 8.42 Å². The third kappa shape index (κ3) is 3.64. The van der Waals surface area contributed by atoms with Crippen molar-refractivity contribution in [3.8, 4) is 0 Å². The molecule has 0 heterocycles. The van der Waals surface area contributed by atoms with Crippen LogP contribution in [0.2, 0.25) is 0 Å². The van der Waals surface area contributed by atoms with E-state index in [0.29, 0.717) is 11.0 Å². The molecule has 0 radical (unpaired) electrons. The van der Waals surface area contributed by atoms with E-state index in [1.165, 1.54) is 4.31 Å². The molecule has 0 atom stereocenters. The lowest BCUT2D eigenvalue weighted by Crippen LogP contribution is -2.28. The van der Waals surface area contributed by atoms with E-state index in [1.807, 2.05) is 0 Å². The highest BCUT2D eigenvalue weighted by Gasteiger charge is 2.23. The number of benzene rings is 1. The van der Waals surface area contributed by atoms with Gasteiger partial charge in [0.25, 0.3) is 0 Å². The van der Waals surface area contributed by atoms with Crippen LogP contribution in [0.5, 0.6) is 0 Å². The van der Waals surface area contributed by atoms with Crippen molar-refractivity contribution in [1.29, 1.82) is 0 Å². The highest BCUT2D eigenvalue weighted by molar-refractivity contribution is 9.11. The van der Waals surface area contributed by atoms with Crippen molar-refractivity contribution in [2.45, 2.75) is 11.8 Å². The molecule has 0 N–H and O–H groups in total. The molecule has 1 aromatic carbocycles. The monoisotopic (exact) mass is 381 g/mol. The van der Waals surface area contributed by atoms with E-state index >= 15 is 0 Å². The molecule has 6 heteroatoms. The van der Waals surface area contributed by atoms with E-state index in [0.717, 1.165) is 10.0 Å². The van der Waals surface area contributed by atoms with Crippen molar-refractivity contribution in [3.05, 3.63) is 39.3 Å². The van der Waals surface area contributed by atoms with Gasteiger partial charge in [-0.3, -0.25) is 0 Å². The Morgan fingerprint density at radius 2 is 2.00 bits per heavy atom. The summed E-state index contributed by atoms with van der Waals surface area (Å²) in [5, 5.41) is 0. The Hall–Kier alpha value is -0.170. The van der Waals surface area contributed by atoms with Crippen LogP contribution in [0.4, 0.5) is 0 Å². The van der Waals surface area contributed by atoms with Gasteiger partial charge in [0.2, 0.25) is 10.0 Å². The molecule has 0 amide bonds. The molecule has 1 rings (SSSR count). The maximum atomic E-state index is 12.2. The lowest BCUT2D eigenvalue weighted by atomic mass is 10.4. The fourth-order valence-corrected chi connectivity index (χ4v) is 4.25. The van der Waals surface area contributed by atoms with E-state index in [1.54, 1.807) is 32.2 Å². The molecule has 94 valence electrons. The van der Waals surface area contributed by atoms with Gasteiger partial charge in [0, 0.05) is 22.5 Å². The fourth-order valence-electron chi connectivity index (χ4n) is 1.32. The first-order valence-electron chi connectivity index (χ1n) is 4.81. The summed E-state index contributed by atoms with van der Waals surface area (Å²) in [7, 11) is -1.94. The molecular weight excluding hydrogens is 370 g/mol. The van der Waals surface area contributed by atoms with Crippen molar-refractivity contribution < 1.29 is 8.42 Å². The standard InChI is InChI=1S/C11H13Br2NO2S/c1-8(2)7-14(3)17(15,16)11-5-4-9(12)6-10(11)13/h4-6H,1,7H2,2-3H3. The van der Waals surface area contributed by atoms with Crippen LogP contribution in [0.1, 0.15) is 6.92 Å². The van der Waals surface area contributed by atoms with Gasteiger partial charge in [0.05, 0.1) is 4.90 Å². The van der Waals surface area contributed by atoms with Gasteiger partial charge in [-0.2, -0.15) is 4.31 Å². The minimum Gasteiger partial charge on any atom is -0.207 e. The average molecular weight is 383 g/mol. The highest BCUT2D eigenvalue weighted by Crippen LogP contribution is 2.27. The minimum absolute atomic E-state index is 0.254. The maximum absolute atomic E-state index is 12.2. The van der Waals surface area contributed by atoms with Crippen LogP contribution < -0.4 is 0 Å². The molecule has 17 heavy (non-hydrogen) atoms. The summed E-state index contributed by atoms with van der Waals surface area (Å²) < 4.78 is 27.1. The molecule has 0 aliphatic rings. The molecule has 0 fully saturated rings. The summed E-state index contributed by atoms with van der Waals surface area (Å²) in [6.07, 6.45) is 0. The number of hydrogen-bond acceptors (Lipinski definition) is 2. The van der Waals surface area contributed by atoms with Crippen LogP contribution in [-0.4, -0.2) is 26.3 Å². The summed E-state index contributed by atoms with van der Waals surface area (Å²) in [5.74, 6) is 0. The topological polar surface area (TPSA) is 37.4 Å².